The van der Waals surface area contributed by atoms with Gasteiger partial charge in [0, 0.05) is 24.9 Å². The molecule has 150 valence electrons. The van der Waals surface area contributed by atoms with Crippen LogP contribution in [0.1, 0.15) is 39.0 Å². The van der Waals surface area contributed by atoms with E-state index in [1.165, 1.54) is 36.2 Å². The van der Waals surface area contributed by atoms with Crippen LogP contribution in [-0.2, 0) is 9.59 Å². The topological polar surface area (TPSA) is 113 Å². The van der Waals surface area contributed by atoms with Gasteiger partial charge in [-0.15, -0.1) is 0 Å². The van der Waals surface area contributed by atoms with E-state index in [-0.39, 0.29) is 18.1 Å². The molecule has 1 saturated carbocycles. The van der Waals surface area contributed by atoms with E-state index >= 15 is 0 Å². The third-order valence-electron chi connectivity index (χ3n) is 5.90. The van der Waals surface area contributed by atoms with Gasteiger partial charge in [-0.3, -0.25) is 24.6 Å². The number of hydrogen-bond donors (Lipinski definition) is 1. The second-order valence-electron chi connectivity index (χ2n) is 7.48. The molecule has 0 bridgehead atoms. The van der Waals surface area contributed by atoms with Crippen LogP contribution in [0.15, 0.2) is 24.3 Å². The molecule has 1 aromatic carbocycles. The molecular weight excluding hydrogens is 364 g/mol. The molecule has 2 aliphatic rings. The van der Waals surface area contributed by atoms with Crippen molar-refractivity contribution < 1.29 is 19.3 Å². The van der Waals surface area contributed by atoms with Crippen molar-refractivity contribution in [3.05, 3.63) is 34.4 Å². The number of benzene rings is 1. The van der Waals surface area contributed by atoms with E-state index in [1.54, 1.807) is 0 Å². The molecule has 1 N–H and O–H groups in total. The molecule has 1 aliphatic heterocycles. The number of amides is 4. The molecule has 0 unspecified atom stereocenters. The highest BCUT2D eigenvalue weighted by atomic mass is 16.6. The largest absolute Gasteiger partial charge is 0.325 e. The molecule has 0 radical (unpaired) electrons. The summed E-state index contributed by atoms with van der Waals surface area (Å²) in [6, 6.07) is 4.97. The van der Waals surface area contributed by atoms with E-state index in [9.17, 15) is 24.5 Å². The highest BCUT2D eigenvalue weighted by Crippen LogP contribution is 2.37. The Bertz CT molecular complexity index is 799. The number of hydrogen-bond acceptors (Lipinski definition) is 5. The van der Waals surface area contributed by atoms with Crippen molar-refractivity contribution in [2.45, 2.75) is 44.6 Å². The van der Waals surface area contributed by atoms with Gasteiger partial charge in [-0.25, -0.2) is 4.79 Å². The first-order valence-corrected chi connectivity index (χ1v) is 9.42. The van der Waals surface area contributed by atoms with E-state index in [1.807, 2.05) is 0 Å². The Morgan fingerprint density at radius 1 is 1.29 bits per heavy atom. The summed E-state index contributed by atoms with van der Waals surface area (Å²) < 4.78 is 0. The lowest BCUT2D eigenvalue weighted by Crippen LogP contribution is -2.50. The normalized spacial score (nSPS) is 24.4. The minimum absolute atomic E-state index is 0.0803. The average Bonchev–Trinajstić information content (AvgIpc) is 2.92. The first-order valence-electron chi connectivity index (χ1n) is 9.42. The number of nitrogens with one attached hydrogen (secondary N) is 1. The van der Waals surface area contributed by atoms with Crippen LogP contribution in [0.4, 0.5) is 16.2 Å². The molecule has 9 nitrogen and oxygen atoms in total. The maximum atomic E-state index is 12.9. The van der Waals surface area contributed by atoms with Gasteiger partial charge in [0.2, 0.25) is 5.91 Å². The van der Waals surface area contributed by atoms with Gasteiger partial charge in [0.15, 0.2) is 0 Å². The van der Waals surface area contributed by atoms with Crippen molar-refractivity contribution in [1.29, 1.82) is 0 Å². The monoisotopic (exact) mass is 388 g/mol. The molecule has 1 aromatic rings. The number of likely N-dealkylation sites (N-methyl/N-ethyl adjacent to an activating group) is 1. The van der Waals surface area contributed by atoms with E-state index < -0.39 is 22.4 Å². The fourth-order valence-corrected chi connectivity index (χ4v) is 3.92. The molecule has 4 amide bonds. The van der Waals surface area contributed by atoms with Crippen LogP contribution < -0.4 is 10.2 Å². The lowest BCUT2D eigenvalue weighted by atomic mass is 9.75. The van der Waals surface area contributed by atoms with Crippen LogP contribution in [0.2, 0.25) is 0 Å². The van der Waals surface area contributed by atoms with Gasteiger partial charge in [-0.1, -0.05) is 13.3 Å². The molecule has 0 atom stereocenters. The molecule has 1 saturated heterocycles. The van der Waals surface area contributed by atoms with Gasteiger partial charge in [-0.2, -0.15) is 0 Å². The number of nitro benzene ring substituents is 1. The lowest BCUT2D eigenvalue weighted by Gasteiger charge is -2.34. The van der Waals surface area contributed by atoms with E-state index in [2.05, 4.69) is 12.2 Å². The third kappa shape index (κ3) is 3.56. The summed E-state index contributed by atoms with van der Waals surface area (Å²) in [5, 5.41) is 13.6. The van der Waals surface area contributed by atoms with E-state index in [0.717, 1.165) is 24.2 Å². The van der Waals surface area contributed by atoms with Crippen LogP contribution in [0, 0.1) is 16.0 Å². The smallest absolute Gasteiger partial charge is 0.323 e. The molecule has 3 rings (SSSR count). The zero-order valence-corrected chi connectivity index (χ0v) is 16.0. The third-order valence-corrected chi connectivity index (χ3v) is 5.90. The second kappa shape index (κ2) is 7.57. The maximum Gasteiger partial charge on any atom is 0.325 e. The number of anilines is 1. The van der Waals surface area contributed by atoms with Gasteiger partial charge < -0.3 is 10.2 Å². The van der Waals surface area contributed by atoms with Gasteiger partial charge in [0.25, 0.3) is 11.6 Å². The predicted molar refractivity (Wildman–Crippen MR) is 102 cm³/mol. The summed E-state index contributed by atoms with van der Waals surface area (Å²) in [5.74, 6) is -0.214. The molecule has 2 fully saturated rings. The molecule has 1 aliphatic carbocycles. The SMILES string of the molecule is CCC1CCC2(CC1)NC(=O)N(CC(=O)N(C)c1ccc([N+](=O)[O-])cc1)C2=O. The number of nitro groups is 1. The van der Waals surface area contributed by atoms with Crippen molar-refractivity contribution in [3.8, 4) is 0 Å². The van der Waals surface area contributed by atoms with Crippen molar-refractivity contribution in [3.63, 3.8) is 0 Å². The minimum Gasteiger partial charge on any atom is -0.323 e. The standard InChI is InChI=1S/C19H24N4O5/c1-3-13-8-10-19(11-9-13)17(25)22(18(26)20-19)12-16(24)21(2)14-4-6-15(7-5-14)23(27)28/h4-7,13H,3,8-12H2,1-2H3,(H,20,26). The van der Waals surface area contributed by atoms with Crippen LogP contribution in [-0.4, -0.2) is 46.8 Å². The molecule has 1 heterocycles. The summed E-state index contributed by atoms with van der Waals surface area (Å²) in [6.07, 6.45) is 4.01. The number of carbonyl (C=O) groups excluding carboxylic acids is 3. The van der Waals surface area contributed by atoms with Gasteiger partial charge in [0.1, 0.15) is 12.1 Å². The summed E-state index contributed by atoms with van der Waals surface area (Å²) >= 11 is 0. The van der Waals surface area contributed by atoms with E-state index in [0.29, 0.717) is 24.4 Å². The summed E-state index contributed by atoms with van der Waals surface area (Å²) in [5.41, 5.74) is -0.515. The molecule has 0 aromatic heterocycles. The predicted octanol–water partition coefficient (Wildman–Crippen LogP) is 2.45. The van der Waals surface area contributed by atoms with Crippen LogP contribution in [0.5, 0.6) is 0 Å². The highest BCUT2D eigenvalue weighted by molar-refractivity contribution is 6.10. The number of nitrogens with zero attached hydrogens (tertiary/aromatic N) is 3. The quantitative estimate of drug-likeness (QED) is 0.473. The van der Waals surface area contributed by atoms with Crippen LogP contribution >= 0.6 is 0 Å². The average molecular weight is 388 g/mol. The van der Waals surface area contributed by atoms with E-state index in [4.69, 9.17) is 0 Å². The maximum absolute atomic E-state index is 12.9. The number of imide groups is 1. The fraction of sp³-hybridized carbons (Fsp3) is 0.526. The Hall–Kier alpha value is -2.97. The number of urea groups is 1. The Labute approximate surface area is 162 Å². The molecular formula is C19H24N4O5. The zero-order valence-electron chi connectivity index (χ0n) is 16.0. The van der Waals surface area contributed by atoms with Gasteiger partial charge >= 0.3 is 6.03 Å². The number of non-ortho nitro benzene ring substituents is 1. The Morgan fingerprint density at radius 3 is 2.43 bits per heavy atom. The van der Waals surface area contributed by atoms with Crippen molar-refractivity contribution in [2.75, 3.05) is 18.5 Å². The molecule has 1 spiro atoms. The highest BCUT2D eigenvalue weighted by Gasteiger charge is 2.52. The minimum atomic E-state index is -0.880. The fourth-order valence-electron chi connectivity index (χ4n) is 3.92. The van der Waals surface area contributed by atoms with Crippen molar-refractivity contribution in [1.82, 2.24) is 10.2 Å². The Morgan fingerprint density at radius 2 is 1.89 bits per heavy atom. The second-order valence-corrected chi connectivity index (χ2v) is 7.48. The summed E-state index contributed by atoms with van der Waals surface area (Å²) in [6.45, 7) is 1.76. The van der Waals surface area contributed by atoms with Gasteiger partial charge in [0.05, 0.1) is 4.92 Å². The first-order chi connectivity index (χ1) is 13.3. The Kier molecular flexibility index (Phi) is 5.35. The Balaban J connectivity index is 1.67. The zero-order chi connectivity index (χ0) is 20.5. The number of carbonyl (C=O) groups is 3. The molecule has 28 heavy (non-hydrogen) atoms. The van der Waals surface area contributed by atoms with Crippen LogP contribution in [0.25, 0.3) is 0 Å². The first kappa shape index (κ1) is 19.8. The lowest BCUT2D eigenvalue weighted by molar-refractivity contribution is -0.384. The summed E-state index contributed by atoms with van der Waals surface area (Å²) in [4.78, 5) is 50.4. The van der Waals surface area contributed by atoms with Gasteiger partial charge in [-0.05, 0) is 43.7 Å². The van der Waals surface area contributed by atoms with Crippen LogP contribution in [0.3, 0.4) is 0 Å². The summed E-state index contributed by atoms with van der Waals surface area (Å²) in [7, 11) is 1.50. The molecule has 9 heteroatoms. The van der Waals surface area contributed by atoms with Crippen molar-refractivity contribution in [2.24, 2.45) is 5.92 Å². The number of rotatable bonds is 5. The van der Waals surface area contributed by atoms with Crippen molar-refractivity contribution >= 4 is 29.2 Å².